The number of nitrogens with one attached hydrogen (secondary N) is 1. The minimum atomic E-state index is -0.973. The van der Waals surface area contributed by atoms with Gasteiger partial charge in [-0.1, -0.05) is 49.0 Å². The van der Waals surface area contributed by atoms with Crippen LogP contribution in [0.5, 0.6) is 0 Å². The van der Waals surface area contributed by atoms with E-state index in [-0.39, 0.29) is 6.61 Å². The fourth-order valence-electron chi connectivity index (χ4n) is 2.59. The Morgan fingerprint density at radius 1 is 1.28 bits per heavy atom. The lowest BCUT2D eigenvalue weighted by Crippen LogP contribution is -2.44. The number of imide groups is 1. The minimum absolute atomic E-state index is 0.131. The van der Waals surface area contributed by atoms with Gasteiger partial charge in [-0.25, -0.2) is 4.79 Å². The molecule has 1 N–H and O–H groups in total. The van der Waals surface area contributed by atoms with Gasteiger partial charge >= 0.3 is 12.0 Å². The van der Waals surface area contributed by atoms with Crippen LogP contribution in [0.1, 0.15) is 38.7 Å². The van der Waals surface area contributed by atoms with E-state index in [1.54, 1.807) is 25.1 Å². The highest BCUT2D eigenvalue weighted by atomic mass is 35.5. The Morgan fingerprint density at radius 3 is 2.52 bits per heavy atom. The van der Waals surface area contributed by atoms with Gasteiger partial charge in [-0.2, -0.15) is 0 Å². The predicted octanol–water partition coefficient (Wildman–Crippen LogP) is 3.54. The second-order valence-electron chi connectivity index (χ2n) is 6.12. The van der Waals surface area contributed by atoms with Crippen LogP contribution < -0.4 is 5.32 Å². The normalized spacial score (nSPS) is 19.9. The van der Waals surface area contributed by atoms with E-state index in [1.807, 2.05) is 6.92 Å². The first-order valence-corrected chi connectivity index (χ1v) is 8.76. The molecule has 3 amide bonds. The molecule has 0 spiro atoms. The maximum Gasteiger partial charge on any atom is 0.326 e. The largest absolute Gasteiger partial charge is 0.459 e. The van der Waals surface area contributed by atoms with Crippen molar-refractivity contribution >= 4 is 41.1 Å². The molecule has 2 rings (SSSR count). The van der Waals surface area contributed by atoms with Gasteiger partial charge in [-0.15, -0.1) is 0 Å². The Labute approximate surface area is 156 Å². The van der Waals surface area contributed by atoms with Crippen LogP contribution >= 0.6 is 23.2 Å². The van der Waals surface area contributed by atoms with Crippen LogP contribution in [0.4, 0.5) is 4.79 Å². The second-order valence-corrected chi connectivity index (χ2v) is 6.93. The summed E-state index contributed by atoms with van der Waals surface area (Å²) in [4.78, 5) is 37.4. The summed E-state index contributed by atoms with van der Waals surface area (Å²) in [5.41, 5.74) is -0.497. The van der Waals surface area contributed by atoms with Crippen molar-refractivity contribution in [1.29, 1.82) is 0 Å². The van der Waals surface area contributed by atoms with Gasteiger partial charge in [0.1, 0.15) is 18.7 Å². The summed E-state index contributed by atoms with van der Waals surface area (Å²) in [7, 11) is 0. The maximum atomic E-state index is 12.5. The quantitative estimate of drug-likeness (QED) is 0.574. The summed E-state index contributed by atoms with van der Waals surface area (Å²) in [6.07, 6.45) is 2.22. The summed E-state index contributed by atoms with van der Waals surface area (Å²) >= 11 is 12.0. The first-order chi connectivity index (χ1) is 11.8. The second kappa shape index (κ2) is 8.06. The standard InChI is InChI=1S/C17H20Cl2N2O4/c1-3-4-8-17(2)15(23)21(16(24)20-17)9-14(22)25-10-11-12(18)6-5-7-13(11)19/h5-7H,3-4,8-10H2,1-2H3,(H,20,24)/t17-/m1/s1. The minimum Gasteiger partial charge on any atom is -0.459 e. The molecule has 0 aromatic heterocycles. The molecule has 1 aliphatic rings. The van der Waals surface area contributed by atoms with Crippen LogP contribution in [0.3, 0.4) is 0 Å². The number of urea groups is 1. The number of carbonyl (C=O) groups excluding carboxylic acids is 3. The highest BCUT2D eigenvalue weighted by Crippen LogP contribution is 2.26. The van der Waals surface area contributed by atoms with Gasteiger partial charge in [0.15, 0.2) is 0 Å². The molecule has 0 bridgehead atoms. The lowest BCUT2D eigenvalue weighted by Gasteiger charge is -2.21. The molecule has 1 saturated heterocycles. The average Bonchev–Trinajstić information content (AvgIpc) is 2.76. The smallest absolute Gasteiger partial charge is 0.326 e. The molecule has 6 nitrogen and oxygen atoms in total. The Balaban J connectivity index is 1.96. The zero-order chi connectivity index (χ0) is 18.6. The molecule has 0 saturated carbocycles. The fourth-order valence-corrected chi connectivity index (χ4v) is 3.09. The summed E-state index contributed by atoms with van der Waals surface area (Å²) in [5, 5.41) is 3.40. The number of amides is 3. The van der Waals surface area contributed by atoms with E-state index in [0.29, 0.717) is 22.0 Å². The third kappa shape index (κ3) is 4.44. The number of halogens is 2. The Kier molecular flexibility index (Phi) is 6.30. The highest BCUT2D eigenvalue weighted by Gasteiger charge is 2.47. The Morgan fingerprint density at radius 2 is 1.92 bits per heavy atom. The van der Waals surface area contributed by atoms with E-state index in [2.05, 4.69) is 5.32 Å². The Hall–Kier alpha value is -1.79. The van der Waals surface area contributed by atoms with E-state index in [9.17, 15) is 14.4 Å². The number of ether oxygens (including phenoxy) is 1. The van der Waals surface area contributed by atoms with Crippen molar-refractivity contribution in [2.75, 3.05) is 6.54 Å². The third-order valence-electron chi connectivity index (χ3n) is 4.10. The Bertz CT molecular complexity index is 675. The molecule has 1 aromatic carbocycles. The lowest BCUT2D eigenvalue weighted by atomic mass is 9.95. The van der Waals surface area contributed by atoms with E-state index < -0.39 is 30.0 Å². The molecule has 0 radical (unpaired) electrons. The average molecular weight is 387 g/mol. The molecular weight excluding hydrogens is 367 g/mol. The predicted molar refractivity (Wildman–Crippen MR) is 94.4 cm³/mol. The van der Waals surface area contributed by atoms with Crippen molar-refractivity contribution in [2.45, 2.75) is 45.3 Å². The van der Waals surface area contributed by atoms with Crippen molar-refractivity contribution in [2.24, 2.45) is 0 Å². The number of benzene rings is 1. The molecule has 1 fully saturated rings. The van der Waals surface area contributed by atoms with E-state index in [4.69, 9.17) is 27.9 Å². The van der Waals surface area contributed by atoms with Crippen molar-refractivity contribution in [3.8, 4) is 0 Å². The fraction of sp³-hybridized carbons (Fsp3) is 0.471. The van der Waals surface area contributed by atoms with Gasteiger partial charge in [-0.05, 0) is 25.5 Å². The number of carbonyl (C=O) groups is 3. The molecular formula is C17H20Cl2N2O4. The maximum absolute atomic E-state index is 12.5. The van der Waals surface area contributed by atoms with Gasteiger partial charge in [0, 0.05) is 15.6 Å². The summed E-state index contributed by atoms with van der Waals surface area (Å²) in [5.74, 6) is -1.13. The summed E-state index contributed by atoms with van der Waals surface area (Å²) < 4.78 is 5.12. The zero-order valence-electron chi connectivity index (χ0n) is 14.1. The molecule has 136 valence electrons. The van der Waals surface area contributed by atoms with E-state index >= 15 is 0 Å². The number of nitrogens with zero attached hydrogens (tertiary/aromatic N) is 1. The third-order valence-corrected chi connectivity index (χ3v) is 4.81. The van der Waals surface area contributed by atoms with Crippen molar-refractivity contribution in [1.82, 2.24) is 10.2 Å². The van der Waals surface area contributed by atoms with Gasteiger partial charge in [-0.3, -0.25) is 14.5 Å². The van der Waals surface area contributed by atoms with Gasteiger partial charge in [0.2, 0.25) is 0 Å². The SMILES string of the molecule is CCCC[C@@]1(C)NC(=O)N(CC(=O)OCc2c(Cl)cccc2Cl)C1=O. The van der Waals surface area contributed by atoms with Crippen LogP contribution in [0.15, 0.2) is 18.2 Å². The van der Waals surface area contributed by atoms with Crippen LogP contribution in [-0.2, 0) is 20.9 Å². The molecule has 1 atom stereocenters. The van der Waals surface area contributed by atoms with E-state index in [0.717, 1.165) is 17.7 Å². The number of esters is 1. The number of unbranched alkanes of at least 4 members (excludes halogenated alkanes) is 1. The zero-order valence-corrected chi connectivity index (χ0v) is 15.6. The summed E-state index contributed by atoms with van der Waals surface area (Å²) in [6.45, 7) is 3.08. The van der Waals surface area contributed by atoms with Crippen LogP contribution in [0.2, 0.25) is 10.0 Å². The molecule has 0 unspecified atom stereocenters. The van der Waals surface area contributed by atoms with Crippen LogP contribution in [0.25, 0.3) is 0 Å². The summed E-state index contributed by atoms with van der Waals surface area (Å²) in [6, 6.07) is 4.36. The molecule has 0 aliphatic carbocycles. The van der Waals surface area contributed by atoms with Crippen LogP contribution in [-0.4, -0.2) is 34.9 Å². The van der Waals surface area contributed by atoms with Crippen molar-refractivity contribution in [3.63, 3.8) is 0 Å². The van der Waals surface area contributed by atoms with Crippen molar-refractivity contribution < 1.29 is 19.1 Å². The lowest BCUT2D eigenvalue weighted by molar-refractivity contribution is -0.148. The number of hydrogen-bond acceptors (Lipinski definition) is 4. The van der Waals surface area contributed by atoms with Crippen molar-refractivity contribution in [3.05, 3.63) is 33.8 Å². The van der Waals surface area contributed by atoms with Crippen LogP contribution in [0, 0.1) is 0 Å². The molecule has 1 aromatic rings. The highest BCUT2D eigenvalue weighted by molar-refractivity contribution is 6.35. The monoisotopic (exact) mass is 386 g/mol. The van der Waals surface area contributed by atoms with Gasteiger partial charge < -0.3 is 10.1 Å². The van der Waals surface area contributed by atoms with Gasteiger partial charge in [0.25, 0.3) is 5.91 Å². The number of hydrogen-bond donors (Lipinski definition) is 1. The first kappa shape index (κ1) is 19.5. The molecule has 25 heavy (non-hydrogen) atoms. The molecule has 1 aliphatic heterocycles. The topological polar surface area (TPSA) is 75.7 Å². The first-order valence-electron chi connectivity index (χ1n) is 8.01. The van der Waals surface area contributed by atoms with Gasteiger partial charge in [0.05, 0.1) is 0 Å². The molecule has 1 heterocycles. The van der Waals surface area contributed by atoms with E-state index in [1.165, 1.54) is 0 Å². The number of rotatable bonds is 7. The molecule has 8 heteroatoms.